The lowest BCUT2D eigenvalue weighted by molar-refractivity contribution is -0.137. The standard InChI is InChI=1S/C20H32O5/c21-16-10-6-2-1-3-8-12-18-19(25-18)15-14-17(22)11-7-4-5-9-13-20(23)24/h3-4,7-8,14-15,17-19,21-22H,1-2,5-6,9-13,16H2,(H,23,24)/b7-4+,8-3+,15-14+. The molecule has 0 radical (unpaired) electrons. The SMILES string of the molecule is O=C(O)CCC/C=C/CC(O)/C=C/C1OC1C/C=C/CCCCCO. The van der Waals surface area contributed by atoms with Crippen molar-refractivity contribution in [2.75, 3.05) is 6.61 Å². The topological polar surface area (TPSA) is 90.3 Å². The molecule has 0 bridgehead atoms. The average Bonchev–Trinajstić information content (AvgIpc) is 3.33. The van der Waals surface area contributed by atoms with Gasteiger partial charge in [-0.1, -0.05) is 42.9 Å². The van der Waals surface area contributed by atoms with Crippen LogP contribution in [0.4, 0.5) is 0 Å². The molecular weight excluding hydrogens is 320 g/mol. The van der Waals surface area contributed by atoms with Gasteiger partial charge in [-0.15, -0.1) is 0 Å². The van der Waals surface area contributed by atoms with Crippen LogP contribution < -0.4 is 0 Å². The van der Waals surface area contributed by atoms with Crippen molar-refractivity contribution in [2.45, 2.75) is 76.1 Å². The van der Waals surface area contributed by atoms with Crippen LogP contribution >= 0.6 is 0 Å². The number of carboxylic acid groups (broad SMARTS) is 1. The van der Waals surface area contributed by atoms with E-state index in [4.69, 9.17) is 14.9 Å². The van der Waals surface area contributed by atoms with E-state index >= 15 is 0 Å². The third-order valence-corrected chi connectivity index (χ3v) is 4.01. The second-order valence-corrected chi connectivity index (χ2v) is 6.36. The van der Waals surface area contributed by atoms with Gasteiger partial charge in [0.2, 0.25) is 0 Å². The molecule has 1 aliphatic heterocycles. The number of unbranched alkanes of at least 4 members (excludes halogenated alkanes) is 4. The number of allylic oxidation sites excluding steroid dienone is 2. The van der Waals surface area contributed by atoms with Crippen LogP contribution in [0.25, 0.3) is 0 Å². The molecule has 3 atom stereocenters. The van der Waals surface area contributed by atoms with Crippen LogP contribution in [0.2, 0.25) is 0 Å². The lowest BCUT2D eigenvalue weighted by Gasteiger charge is -1.99. The van der Waals surface area contributed by atoms with Crippen molar-refractivity contribution in [3.63, 3.8) is 0 Å². The van der Waals surface area contributed by atoms with Gasteiger partial charge in [0, 0.05) is 13.0 Å². The first-order chi connectivity index (χ1) is 12.1. The molecule has 0 amide bonds. The number of rotatable bonds is 15. The van der Waals surface area contributed by atoms with Gasteiger partial charge >= 0.3 is 5.97 Å². The second-order valence-electron chi connectivity index (χ2n) is 6.36. The first kappa shape index (κ1) is 21.6. The maximum atomic E-state index is 10.4. The number of aliphatic carboxylic acids is 1. The van der Waals surface area contributed by atoms with Gasteiger partial charge in [-0.3, -0.25) is 4.79 Å². The molecule has 3 unspecified atom stereocenters. The largest absolute Gasteiger partial charge is 0.481 e. The van der Waals surface area contributed by atoms with Gasteiger partial charge in [0.25, 0.3) is 0 Å². The fourth-order valence-corrected chi connectivity index (χ4v) is 2.46. The van der Waals surface area contributed by atoms with Crippen LogP contribution in [-0.2, 0) is 9.53 Å². The van der Waals surface area contributed by atoms with E-state index in [-0.39, 0.29) is 25.2 Å². The molecule has 1 fully saturated rings. The Morgan fingerprint density at radius 1 is 1.04 bits per heavy atom. The summed E-state index contributed by atoms with van der Waals surface area (Å²) >= 11 is 0. The highest BCUT2D eigenvalue weighted by Crippen LogP contribution is 2.27. The van der Waals surface area contributed by atoms with E-state index in [1.807, 2.05) is 18.2 Å². The third-order valence-electron chi connectivity index (χ3n) is 4.01. The molecule has 1 heterocycles. The molecule has 0 aromatic heterocycles. The zero-order valence-electron chi connectivity index (χ0n) is 14.9. The first-order valence-electron chi connectivity index (χ1n) is 9.28. The van der Waals surface area contributed by atoms with Gasteiger partial charge in [-0.05, 0) is 44.9 Å². The third kappa shape index (κ3) is 12.6. The zero-order chi connectivity index (χ0) is 18.3. The Morgan fingerprint density at radius 3 is 2.56 bits per heavy atom. The quantitative estimate of drug-likeness (QED) is 0.239. The molecule has 5 nitrogen and oxygen atoms in total. The van der Waals surface area contributed by atoms with Crippen LogP contribution in [0.3, 0.4) is 0 Å². The minimum Gasteiger partial charge on any atom is -0.481 e. The maximum absolute atomic E-state index is 10.4. The van der Waals surface area contributed by atoms with Crippen molar-refractivity contribution in [3.05, 3.63) is 36.5 Å². The van der Waals surface area contributed by atoms with Crippen molar-refractivity contribution in [2.24, 2.45) is 0 Å². The number of carbonyl (C=O) groups is 1. The Bertz CT molecular complexity index is 441. The molecule has 0 aromatic carbocycles. The number of epoxide rings is 1. The minimum atomic E-state index is -0.771. The van der Waals surface area contributed by atoms with Crippen molar-refractivity contribution in [1.82, 2.24) is 0 Å². The summed E-state index contributed by atoms with van der Waals surface area (Å²) in [6.07, 6.45) is 18.7. The van der Waals surface area contributed by atoms with Crippen LogP contribution in [0.1, 0.15) is 57.8 Å². The number of ether oxygens (including phenoxy) is 1. The Balaban J connectivity index is 2.02. The van der Waals surface area contributed by atoms with E-state index < -0.39 is 12.1 Å². The van der Waals surface area contributed by atoms with Gasteiger partial charge in [0.15, 0.2) is 0 Å². The summed E-state index contributed by atoms with van der Waals surface area (Å²) in [4.78, 5) is 10.4. The van der Waals surface area contributed by atoms with Crippen molar-refractivity contribution in [1.29, 1.82) is 0 Å². The smallest absolute Gasteiger partial charge is 0.303 e. The van der Waals surface area contributed by atoms with Gasteiger partial charge in [0.05, 0.1) is 12.2 Å². The van der Waals surface area contributed by atoms with E-state index in [0.29, 0.717) is 12.8 Å². The summed E-state index contributed by atoms with van der Waals surface area (Å²) in [5, 5.41) is 27.1. The van der Waals surface area contributed by atoms with E-state index in [1.165, 1.54) is 0 Å². The number of carboxylic acids is 1. The van der Waals surface area contributed by atoms with Crippen LogP contribution in [0.5, 0.6) is 0 Å². The molecule has 142 valence electrons. The molecular formula is C20H32O5. The van der Waals surface area contributed by atoms with Gasteiger partial charge < -0.3 is 20.1 Å². The highest BCUT2D eigenvalue weighted by molar-refractivity contribution is 5.66. The molecule has 0 aromatic rings. The highest BCUT2D eigenvalue weighted by atomic mass is 16.6. The Hall–Kier alpha value is -1.43. The first-order valence-corrected chi connectivity index (χ1v) is 9.28. The van der Waals surface area contributed by atoms with Crippen molar-refractivity contribution in [3.8, 4) is 0 Å². The summed E-state index contributed by atoms with van der Waals surface area (Å²) in [5.41, 5.74) is 0. The molecule has 5 heteroatoms. The van der Waals surface area contributed by atoms with Crippen molar-refractivity contribution >= 4 is 5.97 Å². The van der Waals surface area contributed by atoms with Crippen LogP contribution in [-0.4, -0.2) is 46.2 Å². The molecule has 0 spiro atoms. The van der Waals surface area contributed by atoms with E-state index in [1.54, 1.807) is 6.08 Å². The summed E-state index contributed by atoms with van der Waals surface area (Å²) in [7, 11) is 0. The number of aliphatic hydroxyl groups is 2. The number of hydrogen-bond acceptors (Lipinski definition) is 4. The van der Waals surface area contributed by atoms with E-state index in [2.05, 4.69) is 12.2 Å². The lowest BCUT2D eigenvalue weighted by atomic mass is 10.1. The number of aliphatic hydroxyl groups excluding tert-OH is 2. The molecule has 1 aliphatic rings. The minimum absolute atomic E-state index is 0.105. The Kier molecular flexibility index (Phi) is 11.9. The fraction of sp³-hybridized carbons (Fsp3) is 0.650. The van der Waals surface area contributed by atoms with Gasteiger partial charge in [-0.2, -0.15) is 0 Å². The summed E-state index contributed by atoms with van der Waals surface area (Å²) in [5.74, 6) is -0.771. The molecule has 3 N–H and O–H groups in total. The summed E-state index contributed by atoms with van der Waals surface area (Å²) in [6.45, 7) is 0.278. The molecule has 1 saturated heterocycles. The van der Waals surface area contributed by atoms with E-state index in [9.17, 15) is 9.90 Å². The van der Waals surface area contributed by atoms with Crippen LogP contribution in [0, 0.1) is 0 Å². The lowest BCUT2D eigenvalue weighted by Crippen LogP contribution is -2.00. The molecule has 0 aliphatic carbocycles. The average molecular weight is 352 g/mol. The van der Waals surface area contributed by atoms with Gasteiger partial charge in [0.1, 0.15) is 6.10 Å². The predicted octanol–water partition coefficient (Wildman–Crippen LogP) is 3.37. The highest BCUT2D eigenvalue weighted by Gasteiger charge is 2.34. The maximum Gasteiger partial charge on any atom is 0.303 e. The Morgan fingerprint density at radius 2 is 1.80 bits per heavy atom. The second kappa shape index (κ2) is 13.8. The number of hydrogen-bond donors (Lipinski definition) is 3. The molecule has 0 saturated carbocycles. The van der Waals surface area contributed by atoms with Crippen LogP contribution in [0.15, 0.2) is 36.5 Å². The fourth-order valence-electron chi connectivity index (χ4n) is 2.46. The monoisotopic (exact) mass is 352 g/mol. The normalized spacial score (nSPS) is 21.5. The molecule has 1 rings (SSSR count). The zero-order valence-corrected chi connectivity index (χ0v) is 14.9. The van der Waals surface area contributed by atoms with E-state index in [0.717, 1.165) is 38.5 Å². The summed E-state index contributed by atoms with van der Waals surface area (Å²) in [6, 6.07) is 0. The molecule has 25 heavy (non-hydrogen) atoms. The summed E-state index contributed by atoms with van der Waals surface area (Å²) < 4.78 is 5.54. The van der Waals surface area contributed by atoms with Gasteiger partial charge in [-0.25, -0.2) is 0 Å². The van der Waals surface area contributed by atoms with Crippen molar-refractivity contribution < 1.29 is 24.9 Å². The predicted molar refractivity (Wildman–Crippen MR) is 98.4 cm³/mol. The Labute approximate surface area is 150 Å².